The number of hydrogen-bond acceptors (Lipinski definition) is 2. The lowest BCUT2D eigenvalue weighted by molar-refractivity contribution is 0.154. The minimum absolute atomic E-state index is 0.0804. The SMILES string of the molecule is CCC(COC)n1c(=S)[nH]c2cc(Cl)c(F)cc21. The predicted molar refractivity (Wildman–Crippen MR) is 73.3 cm³/mol. The van der Waals surface area contributed by atoms with Gasteiger partial charge in [0.15, 0.2) is 4.77 Å². The molecule has 2 rings (SSSR count). The zero-order chi connectivity index (χ0) is 13.3. The Balaban J connectivity index is 2.66. The van der Waals surface area contributed by atoms with Crippen LogP contribution in [0.15, 0.2) is 12.1 Å². The first kappa shape index (κ1) is 13.5. The Kier molecular flexibility index (Phi) is 4.04. The van der Waals surface area contributed by atoms with Gasteiger partial charge in [-0.25, -0.2) is 4.39 Å². The van der Waals surface area contributed by atoms with Gasteiger partial charge in [0.25, 0.3) is 0 Å². The molecule has 18 heavy (non-hydrogen) atoms. The molecule has 0 fully saturated rings. The second kappa shape index (κ2) is 5.38. The van der Waals surface area contributed by atoms with Crippen molar-refractivity contribution in [3.05, 3.63) is 27.7 Å². The Morgan fingerprint density at radius 1 is 1.56 bits per heavy atom. The highest BCUT2D eigenvalue weighted by Crippen LogP contribution is 2.26. The van der Waals surface area contributed by atoms with Gasteiger partial charge in [0.2, 0.25) is 0 Å². The van der Waals surface area contributed by atoms with Crippen molar-refractivity contribution in [2.24, 2.45) is 0 Å². The fraction of sp³-hybridized carbons (Fsp3) is 0.417. The smallest absolute Gasteiger partial charge is 0.178 e. The summed E-state index contributed by atoms with van der Waals surface area (Å²) in [5, 5.41) is 0.0886. The van der Waals surface area contributed by atoms with Gasteiger partial charge in [0.05, 0.1) is 28.7 Å². The molecule has 1 unspecified atom stereocenters. The average Bonchev–Trinajstić information content (AvgIpc) is 2.63. The van der Waals surface area contributed by atoms with Gasteiger partial charge >= 0.3 is 0 Å². The molecular weight excluding hydrogens is 275 g/mol. The van der Waals surface area contributed by atoms with E-state index in [-0.39, 0.29) is 11.1 Å². The summed E-state index contributed by atoms with van der Waals surface area (Å²) in [7, 11) is 1.64. The van der Waals surface area contributed by atoms with Crippen LogP contribution in [0.4, 0.5) is 4.39 Å². The fourth-order valence-corrected chi connectivity index (χ4v) is 2.57. The van der Waals surface area contributed by atoms with Crippen LogP contribution >= 0.6 is 23.8 Å². The minimum atomic E-state index is -0.445. The second-order valence-electron chi connectivity index (χ2n) is 4.10. The molecule has 1 heterocycles. The first-order valence-electron chi connectivity index (χ1n) is 5.66. The lowest BCUT2D eigenvalue weighted by atomic mass is 10.2. The van der Waals surface area contributed by atoms with Gasteiger partial charge in [0.1, 0.15) is 5.82 Å². The number of ether oxygens (including phenoxy) is 1. The van der Waals surface area contributed by atoms with Crippen LogP contribution in [0, 0.1) is 10.6 Å². The lowest BCUT2D eigenvalue weighted by Crippen LogP contribution is -2.13. The summed E-state index contributed by atoms with van der Waals surface area (Å²) in [5.41, 5.74) is 1.45. The molecule has 98 valence electrons. The minimum Gasteiger partial charge on any atom is -0.383 e. The van der Waals surface area contributed by atoms with E-state index in [0.717, 1.165) is 11.9 Å². The molecule has 0 saturated carbocycles. The van der Waals surface area contributed by atoms with Crippen molar-refractivity contribution in [2.45, 2.75) is 19.4 Å². The topological polar surface area (TPSA) is 29.9 Å². The molecule has 1 aromatic heterocycles. The third-order valence-electron chi connectivity index (χ3n) is 2.95. The van der Waals surface area contributed by atoms with Gasteiger partial charge in [-0.2, -0.15) is 0 Å². The molecule has 0 aliphatic rings. The van der Waals surface area contributed by atoms with Gasteiger partial charge in [0, 0.05) is 13.2 Å². The van der Waals surface area contributed by atoms with Gasteiger partial charge < -0.3 is 14.3 Å². The number of imidazole rings is 1. The van der Waals surface area contributed by atoms with Crippen LogP contribution in [-0.2, 0) is 4.74 Å². The number of fused-ring (bicyclic) bond motifs is 1. The molecule has 0 amide bonds. The van der Waals surface area contributed by atoms with E-state index < -0.39 is 5.82 Å². The maximum Gasteiger partial charge on any atom is 0.178 e. The number of benzene rings is 1. The van der Waals surface area contributed by atoms with E-state index in [1.165, 1.54) is 6.07 Å². The average molecular weight is 289 g/mol. The molecule has 1 aromatic carbocycles. The zero-order valence-corrected chi connectivity index (χ0v) is 11.7. The van der Waals surface area contributed by atoms with Crippen LogP contribution in [-0.4, -0.2) is 23.3 Å². The van der Waals surface area contributed by atoms with Crippen LogP contribution in [0.2, 0.25) is 5.02 Å². The highest BCUT2D eigenvalue weighted by Gasteiger charge is 2.15. The first-order valence-corrected chi connectivity index (χ1v) is 6.45. The molecule has 2 aromatic rings. The molecule has 1 N–H and O–H groups in total. The van der Waals surface area contributed by atoms with E-state index in [2.05, 4.69) is 4.98 Å². The molecule has 0 spiro atoms. The number of rotatable bonds is 4. The Labute approximate surface area is 115 Å². The summed E-state index contributed by atoms with van der Waals surface area (Å²) in [4.78, 5) is 3.04. The van der Waals surface area contributed by atoms with Crippen molar-refractivity contribution < 1.29 is 9.13 Å². The van der Waals surface area contributed by atoms with Crippen LogP contribution in [0.25, 0.3) is 11.0 Å². The van der Waals surface area contributed by atoms with Gasteiger partial charge in [-0.05, 0) is 24.7 Å². The van der Waals surface area contributed by atoms with Crippen molar-refractivity contribution >= 4 is 34.9 Å². The predicted octanol–water partition coefficient (Wildman–Crippen LogP) is 4.09. The maximum atomic E-state index is 13.6. The Morgan fingerprint density at radius 3 is 2.89 bits per heavy atom. The highest BCUT2D eigenvalue weighted by molar-refractivity contribution is 7.71. The molecule has 3 nitrogen and oxygen atoms in total. The monoisotopic (exact) mass is 288 g/mol. The quantitative estimate of drug-likeness (QED) is 0.859. The molecule has 0 aliphatic carbocycles. The molecule has 0 saturated heterocycles. The van der Waals surface area contributed by atoms with Crippen molar-refractivity contribution in [1.29, 1.82) is 0 Å². The molecule has 0 radical (unpaired) electrons. The van der Waals surface area contributed by atoms with E-state index in [0.29, 0.717) is 16.9 Å². The van der Waals surface area contributed by atoms with Crippen LogP contribution in [0.1, 0.15) is 19.4 Å². The summed E-state index contributed by atoms with van der Waals surface area (Å²) in [6, 6.07) is 3.04. The number of halogens is 2. The number of aromatic amines is 1. The summed E-state index contributed by atoms with van der Waals surface area (Å²) in [6.45, 7) is 2.57. The lowest BCUT2D eigenvalue weighted by Gasteiger charge is -2.16. The number of methoxy groups -OCH3 is 1. The fourth-order valence-electron chi connectivity index (χ4n) is 2.05. The number of nitrogens with one attached hydrogen (secondary N) is 1. The normalized spacial score (nSPS) is 13.1. The zero-order valence-electron chi connectivity index (χ0n) is 10.2. The van der Waals surface area contributed by atoms with E-state index in [9.17, 15) is 4.39 Å². The summed E-state index contributed by atoms with van der Waals surface area (Å²) < 4.78 is 21.2. The Bertz CT molecular complexity index is 622. The van der Waals surface area contributed by atoms with Gasteiger partial charge in [-0.1, -0.05) is 18.5 Å². The third-order valence-corrected chi connectivity index (χ3v) is 3.54. The van der Waals surface area contributed by atoms with Crippen LogP contribution < -0.4 is 0 Å². The van der Waals surface area contributed by atoms with Crippen LogP contribution in [0.5, 0.6) is 0 Å². The molecule has 1 atom stereocenters. The van der Waals surface area contributed by atoms with Gasteiger partial charge in [-0.3, -0.25) is 0 Å². The maximum absolute atomic E-state index is 13.6. The number of H-pyrrole nitrogens is 1. The number of hydrogen-bond donors (Lipinski definition) is 1. The van der Waals surface area contributed by atoms with Crippen molar-refractivity contribution in [2.75, 3.05) is 13.7 Å². The Morgan fingerprint density at radius 2 is 2.28 bits per heavy atom. The molecule has 0 aliphatic heterocycles. The second-order valence-corrected chi connectivity index (χ2v) is 4.89. The highest BCUT2D eigenvalue weighted by atomic mass is 35.5. The van der Waals surface area contributed by atoms with Crippen LogP contribution in [0.3, 0.4) is 0 Å². The number of aromatic nitrogens is 2. The largest absolute Gasteiger partial charge is 0.383 e. The summed E-state index contributed by atoms with van der Waals surface area (Å²) in [6.07, 6.45) is 0.847. The standard InChI is InChI=1S/C12H14ClFN2OS/c1-3-7(6-17-2)16-11-5-9(14)8(13)4-10(11)15-12(16)18/h4-5,7H,3,6H2,1-2H3,(H,15,18). The van der Waals surface area contributed by atoms with E-state index in [1.807, 2.05) is 11.5 Å². The molecule has 0 bridgehead atoms. The van der Waals surface area contributed by atoms with Gasteiger partial charge in [-0.15, -0.1) is 0 Å². The third kappa shape index (κ3) is 2.30. The van der Waals surface area contributed by atoms with Crippen molar-refractivity contribution in [3.63, 3.8) is 0 Å². The van der Waals surface area contributed by atoms with Crippen molar-refractivity contribution in [1.82, 2.24) is 9.55 Å². The Hall–Kier alpha value is -0.910. The molecular formula is C12H14ClFN2OS. The van der Waals surface area contributed by atoms with E-state index in [1.54, 1.807) is 13.2 Å². The summed E-state index contributed by atoms with van der Waals surface area (Å²) in [5.74, 6) is -0.445. The van der Waals surface area contributed by atoms with Crippen molar-refractivity contribution in [3.8, 4) is 0 Å². The summed E-state index contributed by atoms with van der Waals surface area (Å²) >= 11 is 11.0. The first-order chi connectivity index (χ1) is 8.58. The molecule has 6 heteroatoms. The van der Waals surface area contributed by atoms with E-state index in [4.69, 9.17) is 28.6 Å². The number of nitrogens with zero attached hydrogens (tertiary/aromatic N) is 1. The van der Waals surface area contributed by atoms with E-state index >= 15 is 0 Å².